The SMILES string of the molecule is CC(C)(C)OC(=O)N1CCC(CN2C=C(C3C=CC4=C(C3)OCc3nc(CN5CCOCC5)cn34)CN2)CC1. The average Bonchev–Trinajstić information content (AvgIpc) is 3.55. The summed E-state index contributed by atoms with van der Waals surface area (Å²) in [5, 5.41) is 2.24. The molecular formula is C29H42N6O4. The third-order valence-corrected chi connectivity index (χ3v) is 8.14. The smallest absolute Gasteiger partial charge is 0.410 e. The number of carbonyl (C=O) groups excluding carboxylic acids is 1. The Bertz CT molecular complexity index is 1150. The first-order chi connectivity index (χ1) is 18.8. The van der Waals surface area contributed by atoms with Gasteiger partial charge in [-0.1, -0.05) is 6.08 Å². The number of nitrogens with zero attached hydrogens (tertiary/aromatic N) is 5. The Morgan fingerprint density at radius 1 is 1.18 bits per heavy atom. The first-order valence-electron chi connectivity index (χ1n) is 14.4. The van der Waals surface area contributed by atoms with E-state index >= 15 is 0 Å². The van der Waals surface area contributed by atoms with Gasteiger partial charge in [0.05, 0.1) is 24.6 Å². The molecule has 212 valence electrons. The Morgan fingerprint density at radius 2 is 1.97 bits per heavy atom. The molecule has 0 bridgehead atoms. The van der Waals surface area contributed by atoms with Crippen molar-refractivity contribution in [3.8, 4) is 0 Å². The molecule has 0 spiro atoms. The van der Waals surface area contributed by atoms with Gasteiger partial charge in [-0.05, 0) is 51.2 Å². The van der Waals surface area contributed by atoms with Gasteiger partial charge in [0, 0.05) is 70.5 Å². The number of piperidine rings is 1. The molecule has 4 aliphatic heterocycles. The predicted molar refractivity (Wildman–Crippen MR) is 147 cm³/mol. The number of hydrazine groups is 1. The molecule has 1 aromatic rings. The van der Waals surface area contributed by atoms with Crippen molar-refractivity contribution in [3.63, 3.8) is 0 Å². The molecule has 1 aliphatic carbocycles. The van der Waals surface area contributed by atoms with Crippen LogP contribution in [-0.4, -0.2) is 88.5 Å². The Hall–Kier alpha value is -2.82. The van der Waals surface area contributed by atoms with Crippen LogP contribution in [0.4, 0.5) is 4.79 Å². The van der Waals surface area contributed by atoms with Gasteiger partial charge in [0.15, 0.2) is 5.82 Å². The van der Waals surface area contributed by atoms with Gasteiger partial charge in [0.1, 0.15) is 18.0 Å². The van der Waals surface area contributed by atoms with E-state index in [0.29, 0.717) is 18.4 Å². The number of aromatic nitrogens is 2. The maximum absolute atomic E-state index is 12.4. The van der Waals surface area contributed by atoms with Crippen LogP contribution in [0.25, 0.3) is 5.70 Å². The predicted octanol–water partition coefficient (Wildman–Crippen LogP) is 3.34. The van der Waals surface area contributed by atoms with Crippen LogP contribution in [0.1, 0.15) is 51.6 Å². The van der Waals surface area contributed by atoms with Gasteiger partial charge in [0.25, 0.3) is 0 Å². The molecule has 6 rings (SSSR count). The van der Waals surface area contributed by atoms with Gasteiger partial charge in [-0.15, -0.1) is 0 Å². The van der Waals surface area contributed by atoms with Crippen molar-refractivity contribution < 1.29 is 19.0 Å². The highest BCUT2D eigenvalue weighted by molar-refractivity contribution is 5.68. The number of carbonyl (C=O) groups is 1. The minimum Gasteiger partial charge on any atom is -0.488 e. The molecule has 0 saturated carbocycles. The number of allylic oxidation sites excluding steroid dienone is 4. The quantitative estimate of drug-likeness (QED) is 0.611. The monoisotopic (exact) mass is 538 g/mol. The van der Waals surface area contributed by atoms with E-state index in [1.807, 2.05) is 25.7 Å². The number of amides is 1. The fourth-order valence-corrected chi connectivity index (χ4v) is 6.00. The Labute approximate surface area is 231 Å². The Kier molecular flexibility index (Phi) is 7.43. The average molecular weight is 539 g/mol. The second kappa shape index (κ2) is 11.0. The lowest BCUT2D eigenvalue weighted by Crippen LogP contribution is -2.44. The standard InChI is InChI=1S/C29H42N6O4/c1-29(2,3)39-28(36)33-8-6-21(7-9-33)16-34-17-23(15-30-34)22-4-5-25-26(14-22)38-20-27-31-24(19-35(25)27)18-32-10-12-37-13-11-32/h4-5,17,19,21-22,30H,6-16,18,20H2,1-3H3. The summed E-state index contributed by atoms with van der Waals surface area (Å²) in [6.07, 6.45) is 11.7. The lowest BCUT2D eigenvalue weighted by atomic mass is 9.90. The van der Waals surface area contributed by atoms with Crippen LogP contribution in [-0.2, 0) is 27.4 Å². The summed E-state index contributed by atoms with van der Waals surface area (Å²) in [4.78, 5) is 21.5. The summed E-state index contributed by atoms with van der Waals surface area (Å²) in [7, 11) is 0. The highest BCUT2D eigenvalue weighted by atomic mass is 16.6. The topological polar surface area (TPSA) is 84.3 Å². The number of hydrogen-bond donors (Lipinski definition) is 1. The van der Waals surface area contributed by atoms with Crippen molar-refractivity contribution >= 4 is 11.8 Å². The van der Waals surface area contributed by atoms with Crippen molar-refractivity contribution in [2.45, 2.75) is 58.8 Å². The first kappa shape index (κ1) is 26.4. The zero-order valence-electron chi connectivity index (χ0n) is 23.5. The second-order valence-corrected chi connectivity index (χ2v) is 12.3. The number of hydrogen-bond acceptors (Lipinski definition) is 8. The summed E-state index contributed by atoms with van der Waals surface area (Å²) < 4.78 is 19.5. The zero-order chi connectivity index (χ0) is 27.0. The molecule has 1 N–H and O–H groups in total. The molecule has 0 radical (unpaired) electrons. The fraction of sp³-hybridized carbons (Fsp3) is 0.655. The first-order valence-corrected chi connectivity index (χ1v) is 14.4. The van der Waals surface area contributed by atoms with Crippen LogP contribution in [0.3, 0.4) is 0 Å². The van der Waals surface area contributed by atoms with Crippen molar-refractivity contribution in [1.29, 1.82) is 0 Å². The molecule has 10 nitrogen and oxygen atoms in total. The van der Waals surface area contributed by atoms with E-state index in [9.17, 15) is 4.79 Å². The second-order valence-electron chi connectivity index (χ2n) is 12.3. The molecular weight excluding hydrogens is 496 g/mol. The van der Waals surface area contributed by atoms with Crippen molar-refractivity contribution in [1.82, 2.24) is 29.8 Å². The maximum atomic E-state index is 12.4. The van der Waals surface area contributed by atoms with Crippen molar-refractivity contribution in [2.24, 2.45) is 11.8 Å². The molecule has 2 saturated heterocycles. The van der Waals surface area contributed by atoms with Crippen LogP contribution in [0.2, 0.25) is 0 Å². The molecule has 39 heavy (non-hydrogen) atoms. The van der Waals surface area contributed by atoms with Crippen LogP contribution < -0.4 is 5.43 Å². The van der Waals surface area contributed by atoms with E-state index in [1.54, 1.807) is 0 Å². The maximum Gasteiger partial charge on any atom is 0.410 e. The zero-order valence-corrected chi connectivity index (χ0v) is 23.5. The van der Waals surface area contributed by atoms with E-state index in [4.69, 9.17) is 19.2 Å². The van der Waals surface area contributed by atoms with E-state index in [2.05, 4.69) is 44.5 Å². The van der Waals surface area contributed by atoms with Gasteiger partial charge in [0.2, 0.25) is 0 Å². The van der Waals surface area contributed by atoms with Gasteiger partial charge >= 0.3 is 6.09 Å². The summed E-state index contributed by atoms with van der Waals surface area (Å²) in [6.45, 7) is 14.0. The third kappa shape index (κ3) is 6.18. The number of morpholine rings is 1. The van der Waals surface area contributed by atoms with Crippen LogP contribution in [0, 0.1) is 11.8 Å². The largest absolute Gasteiger partial charge is 0.488 e. The van der Waals surface area contributed by atoms with Gasteiger partial charge < -0.3 is 24.1 Å². The number of rotatable bonds is 5. The van der Waals surface area contributed by atoms with Crippen LogP contribution in [0.5, 0.6) is 0 Å². The number of likely N-dealkylation sites (tertiary alicyclic amines) is 1. The molecule has 1 unspecified atom stereocenters. The molecule has 5 aliphatic rings. The van der Waals surface area contributed by atoms with Crippen LogP contribution in [0.15, 0.2) is 35.9 Å². The van der Waals surface area contributed by atoms with Crippen LogP contribution >= 0.6 is 0 Å². The summed E-state index contributed by atoms with van der Waals surface area (Å²) in [5.41, 5.74) is 6.71. The molecule has 1 aromatic heterocycles. The molecule has 10 heteroatoms. The van der Waals surface area contributed by atoms with Crippen molar-refractivity contribution in [3.05, 3.63) is 47.4 Å². The lowest BCUT2D eigenvalue weighted by Gasteiger charge is -2.34. The van der Waals surface area contributed by atoms with E-state index < -0.39 is 5.60 Å². The van der Waals surface area contributed by atoms with Gasteiger partial charge in [-0.25, -0.2) is 15.2 Å². The number of ether oxygens (including phenoxy) is 3. The summed E-state index contributed by atoms with van der Waals surface area (Å²) in [6, 6.07) is 0. The lowest BCUT2D eigenvalue weighted by molar-refractivity contribution is 0.0171. The van der Waals surface area contributed by atoms with E-state index in [0.717, 1.165) is 101 Å². The number of imidazole rings is 1. The van der Waals surface area contributed by atoms with Gasteiger partial charge in [-0.2, -0.15) is 0 Å². The van der Waals surface area contributed by atoms with E-state index in [-0.39, 0.29) is 6.09 Å². The summed E-state index contributed by atoms with van der Waals surface area (Å²) >= 11 is 0. The molecule has 1 amide bonds. The number of nitrogens with one attached hydrogen (secondary N) is 1. The minimum atomic E-state index is -0.450. The molecule has 2 fully saturated rings. The van der Waals surface area contributed by atoms with Gasteiger partial charge in [-0.3, -0.25) is 9.47 Å². The molecule has 1 atom stereocenters. The Morgan fingerprint density at radius 3 is 2.74 bits per heavy atom. The normalized spacial score (nSPS) is 24.4. The minimum absolute atomic E-state index is 0.193. The highest BCUT2D eigenvalue weighted by Gasteiger charge is 2.31. The fourth-order valence-electron chi connectivity index (χ4n) is 6.00. The Balaban J connectivity index is 1.02. The molecule has 0 aromatic carbocycles. The molecule has 5 heterocycles. The summed E-state index contributed by atoms with van der Waals surface area (Å²) in [5.74, 6) is 2.91. The number of fused-ring (bicyclic) bond motifs is 2. The third-order valence-electron chi connectivity index (χ3n) is 8.14. The van der Waals surface area contributed by atoms with E-state index in [1.165, 1.54) is 5.57 Å². The van der Waals surface area contributed by atoms with Crippen molar-refractivity contribution in [2.75, 3.05) is 52.5 Å². The highest BCUT2D eigenvalue weighted by Crippen LogP contribution is 2.36.